The molecule has 1 spiro atoms. The number of carbonyl (C=O) groups is 3. The number of anilines is 1. The Balaban J connectivity index is 1.56. The van der Waals surface area contributed by atoms with Gasteiger partial charge in [0.05, 0.1) is 11.2 Å². The van der Waals surface area contributed by atoms with Crippen molar-refractivity contribution in [1.29, 1.82) is 0 Å². The van der Waals surface area contributed by atoms with Crippen LogP contribution >= 0.6 is 0 Å². The monoisotopic (exact) mass is 371 g/mol. The van der Waals surface area contributed by atoms with Gasteiger partial charge in [-0.15, -0.1) is 0 Å². The number of rotatable bonds is 1. The van der Waals surface area contributed by atoms with Crippen LogP contribution in [-0.2, 0) is 9.59 Å². The van der Waals surface area contributed by atoms with Crippen molar-refractivity contribution in [1.82, 2.24) is 9.80 Å². The Hall–Kier alpha value is -2.57. The van der Waals surface area contributed by atoms with Crippen LogP contribution in [0.15, 0.2) is 18.2 Å². The maximum atomic E-state index is 13.1. The summed E-state index contributed by atoms with van der Waals surface area (Å²) in [7, 11) is 0. The number of carbonyl (C=O) groups excluding carboxylic acids is 3. The average Bonchev–Trinajstić information content (AvgIpc) is 2.67. The van der Waals surface area contributed by atoms with Gasteiger partial charge in [0, 0.05) is 32.1 Å². The van der Waals surface area contributed by atoms with Crippen LogP contribution in [0.2, 0.25) is 0 Å². The van der Waals surface area contributed by atoms with E-state index >= 15 is 0 Å². The zero-order valence-electron chi connectivity index (χ0n) is 15.6. The Labute approximate surface area is 158 Å². The molecule has 0 radical (unpaired) electrons. The first-order valence-electron chi connectivity index (χ1n) is 9.63. The fourth-order valence-corrected chi connectivity index (χ4v) is 4.67. The van der Waals surface area contributed by atoms with E-state index in [-0.39, 0.29) is 29.9 Å². The zero-order chi connectivity index (χ0) is 19.0. The third-order valence-electron chi connectivity index (χ3n) is 5.96. The largest absolute Gasteiger partial charge is 0.482 e. The summed E-state index contributed by atoms with van der Waals surface area (Å²) in [6, 6.07) is 5.13. The van der Waals surface area contributed by atoms with E-state index in [1.54, 1.807) is 25.1 Å². The van der Waals surface area contributed by atoms with Gasteiger partial charge in [-0.25, -0.2) is 0 Å². The Bertz CT molecular complexity index is 785. The standard InChI is InChI=1S/C20H25N3O4/c1-14(24)23-10-9-22(13-20(23)7-3-2-4-8-20)19(26)15-5-6-16-17(11-15)27-12-18(25)21-16/h5-6,11H,2-4,7-10,12-13H2,1H3,(H,21,25). The van der Waals surface area contributed by atoms with Crippen LogP contribution < -0.4 is 10.1 Å². The first-order valence-corrected chi connectivity index (χ1v) is 9.63. The van der Waals surface area contributed by atoms with Crippen molar-refractivity contribution < 1.29 is 19.1 Å². The molecule has 0 unspecified atom stereocenters. The first kappa shape index (κ1) is 17.8. The van der Waals surface area contributed by atoms with Crippen LogP contribution in [0.25, 0.3) is 0 Å². The van der Waals surface area contributed by atoms with Gasteiger partial charge in [0.1, 0.15) is 5.75 Å². The van der Waals surface area contributed by atoms with Crippen LogP contribution in [0.4, 0.5) is 5.69 Å². The Morgan fingerprint density at radius 3 is 2.67 bits per heavy atom. The minimum atomic E-state index is -0.226. The zero-order valence-corrected chi connectivity index (χ0v) is 15.6. The number of hydrogen-bond acceptors (Lipinski definition) is 4. The molecular formula is C20H25N3O4. The number of nitrogens with zero attached hydrogens (tertiary/aromatic N) is 2. The summed E-state index contributed by atoms with van der Waals surface area (Å²) >= 11 is 0. The number of amides is 3. The third-order valence-corrected chi connectivity index (χ3v) is 5.96. The summed E-state index contributed by atoms with van der Waals surface area (Å²) in [6.45, 7) is 3.29. The van der Waals surface area contributed by atoms with Crippen LogP contribution in [0.5, 0.6) is 5.75 Å². The minimum absolute atomic E-state index is 0.0367. The Morgan fingerprint density at radius 2 is 1.93 bits per heavy atom. The van der Waals surface area contributed by atoms with Gasteiger partial charge in [0.15, 0.2) is 6.61 Å². The summed E-state index contributed by atoms with van der Waals surface area (Å²) < 4.78 is 5.44. The Morgan fingerprint density at radius 1 is 1.15 bits per heavy atom. The van der Waals surface area contributed by atoms with E-state index in [2.05, 4.69) is 5.32 Å². The molecule has 7 heteroatoms. The smallest absolute Gasteiger partial charge is 0.262 e. The molecule has 27 heavy (non-hydrogen) atoms. The fourth-order valence-electron chi connectivity index (χ4n) is 4.67. The summed E-state index contributed by atoms with van der Waals surface area (Å²) in [5.74, 6) is 0.379. The van der Waals surface area contributed by atoms with Crippen LogP contribution in [0, 0.1) is 0 Å². The van der Waals surface area contributed by atoms with E-state index in [4.69, 9.17) is 4.74 Å². The van der Waals surface area contributed by atoms with Crippen LogP contribution in [-0.4, -0.2) is 59.3 Å². The minimum Gasteiger partial charge on any atom is -0.482 e. The molecule has 1 aromatic carbocycles. The summed E-state index contributed by atoms with van der Waals surface area (Å²) in [5, 5.41) is 2.74. The van der Waals surface area contributed by atoms with Gasteiger partial charge in [-0.2, -0.15) is 0 Å². The lowest BCUT2D eigenvalue weighted by Gasteiger charge is -2.52. The highest BCUT2D eigenvalue weighted by Crippen LogP contribution is 2.37. The van der Waals surface area contributed by atoms with Crippen molar-refractivity contribution in [3.63, 3.8) is 0 Å². The summed E-state index contributed by atoms with van der Waals surface area (Å²) in [4.78, 5) is 40.6. The highest BCUT2D eigenvalue weighted by atomic mass is 16.5. The van der Waals surface area contributed by atoms with E-state index in [9.17, 15) is 14.4 Å². The maximum absolute atomic E-state index is 13.1. The lowest BCUT2D eigenvalue weighted by molar-refractivity contribution is -0.141. The quantitative estimate of drug-likeness (QED) is 0.819. The van der Waals surface area contributed by atoms with Gasteiger partial charge in [0.2, 0.25) is 5.91 Å². The molecule has 1 aliphatic carbocycles. The van der Waals surface area contributed by atoms with E-state index < -0.39 is 0 Å². The summed E-state index contributed by atoms with van der Waals surface area (Å²) in [6.07, 6.45) is 5.29. The van der Waals surface area contributed by atoms with Crippen molar-refractivity contribution >= 4 is 23.4 Å². The normalized spacial score (nSPS) is 21.3. The second-order valence-electron chi connectivity index (χ2n) is 7.73. The molecule has 3 aliphatic rings. The van der Waals surface area contributed by atoms with Crippen molar-refractivity contribution in [2.45, 2.75) is 44.6 Å². The van der Waals surface area contributed by atoms with Gasteiger partial charge in [-0.1, -0.05) is 19.3 Å². The first-order chi connectivity index (χ1) is 13.0. The van der Waals surface area contributed by atoms with E-state index in [1.165, 1.54) is 6.42 Å². The second-order valence-corrected chi connectivity index (χ2v) is 7.73. The molecule has 4 rings (SSSR count). The molecule has 0 aromatic heterocycles. The highest BCUT2D eigenvalue weighted by Gasteiger charge is 2.44. The number of hydrogen-bond donors (Lipinski definition) is 1. The highest BCUT2D eigenvalue weighted by molar-refractivity contribution is 5.99. The Kier molecular flexibility index (Phi) is 4.53. The lowest BCUT2D eigenvalue weighted by Crippen LogP contribution is -2.65. The third kappa shape index (κ3) is 3.26. The molecule has 2 fully saturated rings. The number of piperazine rings is 1. The number of ether oxygens (including phenoxy) is 1. The van der Waals surface area contributed by atoms with Crippen LogP contribution in [0.3, 0.4) is 0 Å². The predicted octanol–water partition coefficient (Wildman–Crippen LogP) is 2.02. The van der Waals surface area contributed by atoms with Crippen LogP contribution in [0.1, 0.15) is 49.4 Å². The van der Waals surface area contributed by atoms with E-state index in [0.29, 0.717) is 36.6 Å². The second kappa shape index (κ2) is 6.87. The van der Waals surface area contributed by atoms with Crippen molar-refractivity contribution in [2.75, 3.05) is 31.6 Å². The molecule has 7 nitrogen and oxygen atoms in total. The molecule has 1 N–H and O–H groups in total. The van der Waals surface area contributed by atoms with Crippen molar-refractivity contribution in [3.8, 4) is 5.75 Å². The molecular weight excluding hydrogens is 346 g/mol. The van der Waals surface area contributed by atoms with Gasteiger partial charge in [-0.05, 0) is 31.0 Å². The van der Waals surface area contributed by atoms with Gasteiger partial charge in [-0.3, -0.25) is 14.4 Å². The maximum Gasteiger partial charge on any atom is 0.262 e. The molecule has 1 aromatic rings. The van der Waals surface area contributed by atoms with Gasteiger partial charge < -0.3 is 19.9 Å². The topological polar surface area (TPSA) is 79.0 Å². The number of benzene rings is 1. The van der Waals surface area contributed by atoms with Crippen molar-refractivity contribution in [3.05, 3.63) is 23.8 Å². The van der Waals surface area contributed by atoms with E-state index in [0.717, 1.165) is 25.7 Å². The molecule has 144 valence electrons. The molecule has 1 saturated carbocycles. The molecule has 3 amide bonds. The van der Waals surface area contributed by atoms with Crippen molar-refractivity contribution in [2.24, 2.45) is 0 Å². The fraction of sp³-hybridized carbons (Fsp3) is 0.550. The van der Waals surface area contributed by atoms with E-state index in [1.807, 2.05) is 9.80 Å². The number of nitrogens with one attached hydrogen (secondary N) is 1. The average molecular weight is 371 g/mol. The SMILES string of the molecule is CC(=O)N1CCN(C(=O)c2ccc3c(c2)OCC(=O)N3)CC12CCCCC2. The molecule has 0 atom stereocenters. The lowest BCUT2D eigenvalue weighted by atomic mass is 9.78. The summed E-state index contributed by atoms with van der Waals surface area (Å²) in [5.41, 5.74) is 0.913. The molecule has 1 saturated heterocycles. The van der Waals surface area contributed by atoms with Gasteiger partial charge >= 0.3 is 0 Å². The molecule has 2 heterocycles. The molecule has 0 bridgehead atoms. The van der Waals surface area contributed by atoms with Gasteiger partial charge in [0.25, 0.3) is 11.8 Å². The number of fused-ring (bicyclic) bond motifs is 1. The predicted molar refractivity (Wildman–Crippen MR) is 99.7 cm³/mol. The molecule has 2 aliphatic heterocycles.